The van der Waals surface area contributed by atoms with E-state index < -0.39 is 0 Å². The Kier molecular flexibility index (Phi) is 4.35. The molecule has 1 atom stereocenters. The van der Waals surface area contributed by atoms with E-state index in [4.69, 9.17) is 5.73 Å². The summed E-state index contributed by atoms with van der Waals surface area (Å²) in [5, 5.41) is 0. The van der Waals surface area contributed by atoms with Crippen molar-refractivity contribution in [2.45, 2.75) is 19.4 Å². The predicted molar refractivity (Wildman–Crippen MR) is 78.2 cm³/mol. The molecule has 0 spiro atoms. The van der Waals surface area contributed by atoms with Gasteiger partial charge in [-0.25, -0.2) is 8.78 Å². The van der Waals surface area contributed by atoms with Crippen LogP contribution in [0.25, 0.3) is 0 Å². The molecule has 0 aromatic heterocycles. The van der Waals surface area contributed by atoms with E-state index in [0.717, 1.165) is 0 Å². The van der Waals surface area contributed by atoms with Crippen molar-refractivity contribution in [1.29, 1.82) is 0 Å². The van der Waals surface area contributed by atoms with Gasteiger partial charge in [0.05, 0.1) is 5.69 Å². The monoisotopic (exact) mass is 276 g/mol. The van der Waals surface area contributed by atoms with Gasteiger partial charge >= 0.3 is 0 Å². The van der Waals surface area contributed by atoms with E-state index in [1.54, 1.807) is 42.3 Å². The molecule has 2 rings (SSSR count). The smallest absolute Gasteiger partial charge is 0.146 e. The van der Waals surface area contributed by atoms with Gasteiger partial charge in [0, 0.05) is 24.3 Å². The van der Waals surface area contributed by atoms with Crippen LogP contribution in [0.5, 0.6) is 0 Å². The number of hydrogen-bond donors (Lipinski definition) is 1. The third kappa shape index (κ3) is 2.96. The van der Waals surface area contributed by atoms with Crippen LogP contribution in [-0.4, -0.2) is 13.1 Å². The molecule has 2 aromatic carbocycles. The van der Waals surface area contributed by atoms with Crippen LogP contribution in [0, 0.1) is 11.6 Å². The lowest BCUT2D eigenvalue weighted by Crippen LogP contribution is -2.21. The fourth-order valence-electron chi connectivity index (χ4n) is 2.24. The summed E-state index contributed by atoms with van der Waals surface area (Å²) in [4.78, 5) is 1.65. The maximum Gasteiger partial charge on any atom is 0.146 e. The number of halogens is 2. The molecule has 0 heterocycles. The van der Waals surface area contributed by atoms with Crippen molar-refractivity contribution in [3.05, 3.63) is 59.7 Å². The highest BCUT2D eigenvalue weighted by Gasteiger charge is 2.16. The minimum atomic E-state index is -0.342. The highest BCUT2D eigenvalue weighted by molar-refractivity contribution is 5.66. The lowest BCUT2D eigenvalue weighted by atomic mass is 10.0. The second-order valence-electron chi connectivity index (χ2n) is 4.93. The van der Waals surface area contributed by atoms with Gasteiger partial charge in [0.2, 0.25) is 0 Å². The fraction of sp³-hybridized carbons (Fsp3) is 0.250. The van der Waals surface area contributed by atoms with Crippen LogP contribution in [-0.2, 0) is 6.42 Å². The highest BCUT2D eigenvalue weighted by atomic mass is 19.1. The predicted octanol–water partition coefficient (Wildman–Crippen LogP) is 3.62. The van der Waals surface area contributed by atoms with E-state index in [1.165, 1.54) is 12.1 Å². The van der Waals surface area contributed by atoms with Crippen LogP contribution in [0.4, 0.5) is 20.2 Å². The Balaban J connectivity index is 2.47. The molecule has 20 heavy (non-hydrogen) atoms. The van der Waals surface area contributed by atoms with Gasteiger partial charge in [-0.05, 0) is 37.6 Å². The highest BCUT2D eigenvalue weighted by Crippen LogP contribution is 2.30. The molecule has 106 valence electrons. The molecule has 0 aliphatic carbocycles. The van der Waals surface area contributed by atoms with Crippen molar-refractivity contribution in [2.75, 3.05) is 11.9 Å². The molecule has 0 amide bonds. The molecule has 2 N–H and O–H groups in total. The van der Waals surface area contributed by atoms with Crippen molar-refractivity contribution in [2.24, 2.45) is 5.73 Å². The summed E-state index contributed by atoms with van der Waals surface area (Å²) in [6, 6.07) is 11.0. The van der Waals surface area contributed by atoms with Crippen LogP contribution in [0.1, 0.15) is 12.5 Å². The van der Waals surface area contributed by atoms with E-state index >= 15 is 0 Å². The molecule has 2 nitrogen and oxygen atoms in total. The molecule has 0 fully saturated rings. The van der Waals surface area contributed by atoms with Gasteiger partial charge in [-0.1, -0.05) is 18.2 Å². The topological polar surface area (TPSA) is 29.3 Å². The number of nitrogens with two attached hydrogens (primary N) is 1. The summed E-state index contributed by atoms with van der Waals surface area (Å²) in [5.41, 5.74) is 7.32. The molecular formula is C16H18F2N2. The molecule has 1 unspecified atom stereocenters. The van der Waals surface area contributed by atoms with Crippen LogP contribution < -0.4 is 10.6 Å². The van der Waals surface area contributed by atoms with Gasteiger partial charge < -0.3 is 10.6 Å². The van der Waals surface area contributed by atoms with Crippen molar-refractivity contribution in [1.82, 2.24) is 0 Å². The summed E-state index contributed by atoms with van der Waals surface area (Å²) in [7, 11) is 1.72. The van der Waals surface area contributed by atoms with E-state index in [1.807, 2.05) is 6.92 Å². The number of anilines is 2. The number of benzene rings is 2. The second kappa shape index (κ2) is 6.01. The zero-order valence-corrected chi connectivity index (χ0v) is 11.6. The van der Waals surface area contributed by atoms with E-state index in [-0.39, 0.29) is 17.7 Å². The molecule has 2 aromatic rings. The van der Waals surface area contributed by atoms with Gasteiger partial charge in [-0.2, -0.15) is 0 Å². The fourth-order valence-corrected chi connectivity index (χ4v) is 2.24. The summed E-state index contributed by atoms with van der Waals surface area (Å²) >= 11 is 0. The maximum absolute atomic E-state index is 14.0. The molecule has 0 saturated carbocycles. The van der Waals surface area contributed by atoms with Gasteiger partial charge in [0.25, 0.3) is 0 Å². The first kappa shape index (κ1) is 14.5. The number of hydrogen-bond acceptors (Lipinski definition) is 2. The van der Waals surface area contributed by atoms with Crippen molar-refractivity contribution in [3.8, 4) is 0 Å². The third-order valence-corrected chi connectivity index (χ3v) is 3.20. The third-order valence-electron chi connectivity index (χ3n) is 3.20. The lowest BCUT2D eigenvalue weighted by Gasteiger charge is -2.24. The average Bonchev–Trinajstić information content (AvgIpc) is 2.40. The largest absolute Gasteiger partial charge is 0.342 e. The number of para-hydroxylation sites is 1. The van der Waals surface area contributed by atoms with E-state index in [2.05, 4.69) is 0 Å². The first-order valence-electron chi connectivity index (χ1n) is 6.52. The molecular weight excluding hydrogens is 258 g/mol. The molecule has 0 bridgehead atoms. The molecule has 0 radical (unpaired) electrons. The van der Waals surface area contributed by atoms with E-state index in [9.17, 15) is 8.78 Å². The van der Waals surface area contributed by atoms with Crippen molar-refractivity contribution >= 4 is 11.4 Å². The van der Waals surface area contributed by atoms with Crippen LogP contribution in [0.15, 0.2) is 42.5 Å². The average molecular weight is 276 g/mol. The zero-order chi connectivity index (χ0) is 14.7. The van der Waals surface area contributed by atoms with E-state index in [0.29, 0.717) is 23.4 Å². The number of rotatable bonds is 4. The Morgan fingerprint density at radius 1 is 1.00 bits per heavy atom. The van der Waals surface area contributed by atoms with Gasteiger partial charge in [-0.3, -0.25) is 0 Å². The van der Waals surface area contributed by atoms with Crippen molar-refractivity contribution in [3.63, 3.8) is 0 Å². The van der Waals surface area contributed by atoms with Gasteiger partial charge in [0.1, 0.15) is 11.6 Å². The van der Waals surface area contributed by atoms with Crippen LogP contribution in [0.2, 0.25) is 0 Å². The summed E-state index contributed by atoms with van der Waals surface area (Å²) in [6.07, 6.45) is 0.404. The van der Waals surface area contributed by atoms with Crippen molar-refractivity contribution < 1.29 is 8.78 Å². The molecule has 0 saturated heterocycles. The summed E-state index contributed by atoms with van der Waals surface area (Å²) < 4.78 is 27.9. The standard InChI is InChI=1S/C16H18F2N2/c1-11(19)10-12-13(17)7-5-9-15(12)20(2)16-8-4-3-6-14(16)18/h3-9,11H,10,19H2,1-2H3. The quantitative estimate of drug-likeness (QED) is 0.924. The van der Waals surface area contributed by atoms with Crippen LogP contribution >= 0.6 is 0 Å². The minimum Gasteiger partial charge on any atom is -0.342 e. The Bertz CT molecular complexity index is 597. The zero-order valence-electron chi connectivity index (χ0n) is 11.6. The lowest BCUT2D eigenvalue weighted by molar-refractivity contribution is 0.595. The Labute approximate surface area is 117 Å². The Morgan fingerprint density at radius 3 is 2.25 bits per heavy atom. The van der Waals surface area contributed by atoms with Gasteiger partial charge in [-0.15, -0.1) is 0 Å². The molecule has 0 aliphatic heterocycles. The Morgan fingerprint density at radius 2 is 1.60 bits per heavy atom. The normalized spacial score (nSPS) is 12.2. The maximum atomic E-state index is 14.0. The minimum absolute atomic E-state index is 0.167. The summed E-state index contributed by atoms with van der Waals surface area (Å²) in [5.74, 6) is -0.658. The number of nitrogens with zero attached hydrogens (tertiary/aromatic N) is 1. The first-order valence-corrected chi connectivity index (χ1v) is 6.52. The summed E-state index contributed by atoms with van der Waals surface area (Å²) in [6.45, 7) is 1.82. The SMILES string of the molecule is CC(N)Cc1c(F)cccc1N(C)c1ccccc1F. The molecule has 4 heteroatoms. The second-order valence-corrected chi connectivity index (χ2v) is 4.93. The van der Waals surface area contributed by atoms with Crippen LogP contribution in [0.3, 0.4) is 0 Å². The molecule has 0 aliphatic rings. The van der Waals surface area contributed by atoms with Gasteiger partial charge in [0.15, 0.2) is 0 Å². The first-order chi connectivity index (χ1) is 9.50. The Hall–Kier alpha value is -1.94.